The summed E-state index contributed by atoms with van der Waals surface area (Å²) in [6.45, 7) is 4.34. The molecule has 3 rings (SSSR count). The van der Waals surface area contributed by atoms with Gasteiger partial charge in [-0.15, -0.1) is 0 Å². The fraction of sp³-hybridized carbons (Fsp3) is 0.211. The molecule has 0 unspecified atom stereocenters. The van der Waals surface area contributed by atoms with E-state index in [1.165, 1.54) is 18.7 Å². The Morgan fingerprint density at radius 3 is 2.60 bits per heavy atom. The molecule has 0 bridgehead atoms. The van der Waals surface area contributed by atoms with Crippen molar-refractivity contribution in [3.63, 3.8) is 0 Å². The SMILES string of the molecule is CCn1c(SCC(=O)Nc2ccccc2C(C)=O)nc2ccccc21. The molecule has 6 heteroatoms. The highest BCUT2D eigenvalue weighted by Crippen LogP contribution is 2.24. The lowest BCUT2D eigenvalue weighted by atomic mass is 10.1. The quantitative estimate of drug-likeness (QED) is 0.538. The number of nitrogens with one attached hydrogen (secondary N) is 1. The first-order valence-electron chi connectivity index (χ1n) is 8.08. The molecule has 0 spiro atoms. The van der Waals surface area contributed by atoms with Gasteiger partial charge in [-0.25, -0.2) is 4.98 Å². The van der Waals surface area contributed by atoms with Crippen LogP contribution < -0.4 is 5.32 Å². The van der Waals surface area contributed by atoms with E-state index in [-0.39, 0.29) is 17.4 Å². The van der Waals surface area contributed by atoms with E-state index >= 15 is 0 Å². The number of nitrogens with zero attached hydrogens (tertiary/aromatic N) is 2. The van der Waals surface area contributed by atoms with E-state index in [0.717, 1.165) is 22.7 Å². The lowest BCUT2D eigenvalue weighted by molar-refractivity contribution is -0.113. The number of aromatic nitrogens is 2. The predicted octanol–water partition coefficient (Wildman–Crippen LogP) is 3.99. The van der Waals surface area contributed by atoms with Crippen molar-refractivity contribution in [3.05, 3.63) is 54.1 Å². The number of hydrogen-bond acceptors (Lipinski definition) is 4. The number of ketones is 1. The molecule has 3 aromatic rings. The van der Waals surface area contributed by atoms with Gasteiger partial charge in [-0.1, -0.05) is 36.0 Å². The molecule has 0 aliphatic rings. The maximum Gasteiger partial charge on any atom is 0.234 e. The first kappa shape index (κ1) is 17.2. The van der Waals surface area contributed by atoms with E-state index in [1.54, 1.807) is 24.3 Å². The number of anilines is 1. The first-order valence-corrected chi connectivity index (χ1v) is 9.06. The molecule has 5 nitrogen and oxygen atoms in total. The number of thioether (sulfide) groups is 1. The zero-order valence-electron chi connectivity index (χ0n) is 14.2. The third kappa shape index (κ3) is 3.74. The first-order chi connectivity index (χ1) is 12.1. The van der Waals surface area contributed by atoms with Crippen LogP contribution in [-0.2, 0) is 11.3 Å². The lowest BCUT2D eigenvalue weighted by Crippen LogP contribution is -2.16. The van der Waals surface area contributed by atoms with Crippen LogP contribution in [0.1, 0.15) is 24.2 Å². The van der Waals surface area contributed by atoms with Gasteiger partial charge in [0.05, 0.1) is 22.5 Å². The second kappa shape index (κ2) is 7.53. The van der Waals surface area contributed by atoms with Crippen LogP contribution in [-0.4, -0.2) is 27.0 Å². The number of para-hydroxylation sites is 3. The Labute approximate surface area is 150 Å². The molecule has 0 atom stereocenters. The second-order valence-electron chi connectivity index (χ2n) is 5.57. The Balaban J connectivity index is 1.72. The highest BCUT2D eigenvalue weighted by atomic mass is 32.2. The van der Waals surface area contributed by atoms with Crippen LogP contribution in [0.4, 0.5) is 5.69 Å². The van der Waals surface area contributed by atoms with Gasteiger partial charge in [0.25, 0.3) is 0 Å². The normalized spacial score (nSPS) is 10.8. The average molecular weight is 353 g/mol. The average Bonchev–Trinajstić information content (AvgIpc) is 2.97. The van der Waals surface area contributed by atoms with Crippen molar-refractivity contribution in [2.45, 2.75) is 25.5 Å². The van der Waals surface area contributed by atoms with Crippen LogP contribution in [0, 0.1) is 0 Å². The van der Waals surface area contributed by atoms with E-state index < -0.39 is 0 Å². The monoisotopic (exact) mass is 353 g/mol. The van der Waals surface area contributed by atoms with E-state index in [0.29, 0.717) is 11.3 Å². The number of aryl methyl sites for hydroxylation is 1. The predicted molar refractivity (Wildman–Crippen MR) is 101 cm³/mol. The lowest BCUT2D eigenvalue weighted by Gasteiger charge is -2.09. The van der Waals surface area contributed by atoms with Crippen LogP contribution >= 0.6 is 11.8 Å². The molecule has 0 aliphatic carbocycles. The molecule has 128 valence electrons. The van der Waals surface area contributed by atoms with Crippen molar-refractivity contribution in [1.82, 2.24) is 9.55 Å². The van der Waals surface area contributed by atoms with Gasteiger partial charge in [-0.3, -0.25) is 9.59 Å². The molecule has 0 saturated heterocycles. The number of carbonyl (C=O) groups excluding carboxylic acids is 2. The topological polar surface area (TPSA) is 64.0 Å². The summed E-state index contributed by atoms with van der Waals surface area (Å²) in [5.41, 5.74) is 3.05. The number of fused-ring (bicyclic) bond motifs is 1. The third-order valence-corrected chi connectivity index (χ3v) is 4.82. The molecular weight excluding hydrogens is 334 g/mol. The molecule has 1 N–H and O–H groups in total. The highest BCUT2D eigenvalue weighted by Gasteiger charge is 2.13. The Hall–Kier alpha value is -2.60. The number of hydrogen-bond donors (Lipinski definition) is 1. The smallest absolute Gasteiger partial charge is 0.234 e. The van der Waals surface area contributed by atoms with Gasteiger partial charge in [0.2, 0.25) is 5.91 Å². The maximum atomic E-state index is 12.3. The fourth-order valence-corrected chi connectivity index (χ4v) is 3.56. The molecule has 0 fully saturated rings. The van der Waals surface area contributed by atoms with Gasteiger partial charge < -0.3 is 9.88 Å². The Morgan fingerprint density at radius 2 is 1.84 bits per heavy atom. The van der Waals surface area contributed by atoms with Gasteiger partial charge in [-0.05, 0) is 38.1 Å². The van der Waals surface area contributed by atoms with Crippen molar-refractivity contribution < 1.29 is 9.59 Å². The van der Waals surface area contributed by atoms with Crippen molar-refractivity contribution in [1.29, 1.82) is 0 Å². The molecule has 0 aliphatic heterocycles. The molecule has 0 radical (unpaired) electrons. The number of imidazole rings is 1. The van der Waals surface area contributed by atoms with E-state index in [4.69, 9.17) is 0 Å². The minimum atomic E-state index is -0.159. The minimum absolute atomic E-state index is 0.0728. The molecule has 25 heavy (non-hydrogen) atoms. The van der Waals surface area contributed by atoms with Crippen molar-refractivity contribution in [2.75, 3.05) is 11.1 Å². The van der Waals surface area contributed by atoms with E-state index in [9.17, 15) is 9.59 Å². The standard InChI is InChI=1S/C19H19N3O2S/c1-3-22-17-11-7-6-10-16(17)21-19(22)25-12-18(24)20-15-9-5-4-8-14(15)13(2)23/h4-11H,3,12H2,1-2H3,(H,20,24). The number of Topliss-reactive ketones (excluding diaryl/α,β-unsaturated/α-hetero) is 1. The summed E-state index contributed by atoms with van der Waals surface area (Å²) < 4.78 is 2.09. The molecule has 2 aromatic carbocycles. The Kier molecular flexibility index (Phi) is 5.19. The van der Waals surface area contributed by atoms with E-state index in [2.05, 4.69) is 21.8 Å². The summed E-state index contributed by atoms with van der Waals surface area (Å²) >= 11 is 1.39. The number of carbonyl (C=O) groups is 2. The van der Waals surface area contributed by atoms with Crippen molar-refractivity contribution in [2.24, 2.45) is 0 Å². The number of amides is 1. The van der Waals surface area contributed by atoms with Crippen molar-refractivity contribution >= 4 is 40.2 Å². The Morgan fingerprint density at radius 1 is 1.12 bits per heavy atom. The minimum Gasteiger partial charge on any atom is -0.325 e. The number of rotatable bonds is 6. The largest absolute Gasteiger partial charge is 0.325 e. The van der Waals surface area contributed by atoms with Gasteiger partial charge in [0.15, 0.2) is 10.9 Å². The molecule has 1 heterocycles. The van der Waals surface area contributed by atoms with Crippen LogP contribution in [0.25, 0.3) is 11.0 Å². The second-order valence-corrected chi connectivity index (χ2v) is 6.51. The van der Waals surface area contributed by atoms with Crippen LogP contribution in [0.3, 0.4) is 0 Å². The van der Waals surface area contributed by atoms with Crippen LogP contribution in [0.15, 0.2) is 53.7 Å². The highest BCUT2D eigenvalue weighted by molar-refractivity contribution is 7.99. The summed E-state index contributed by atoms with van der Waals surface area (Å²) in [6.07, 6.45) is 0. The van der Waals surface area contributed by atoms with Gasteiger partial charge in [-0.2, -0.15) is 0 Å². The Bertz CT molecular complexity index is 933. The summed E-state index contributed by atoms with van der Waals surface area (Å²) in [5, 5.41) is 3.63. The molecule has 1 amide bonds. The summed E-state index contributed by atoms with van der Waals surface area (Å²) in [7, 11) is 0. The van der Waals surface area contributed by atoms with Gasteiger partial charge >= 0.3 is 0 Å². The van der Waals surface area contributed by atoms with Crippen LogP contribution in [0.5, 0.6) is 0 Å². The molecule has 1 aromatic heterocycles. The molecule has 0 saturated carbocycles. The fourth-order valence-electron chi connectivity index (χ4n) is 2.68. The summed E-state index contributed by atoms with van der Waals surface area (Å²) in [6, 6.07) is 15.0. The molecular formula is C19H19N3O2S. The maximum absolute atomic E-state index is 12.3. The van der Waals surface area contributed by atoms with E-state index in [1.807, 2.05) is 24.3 Å². The van der Waals surface area contributed by atoms with Crippen LogP contribution in [0.2, 0.25) is 0 Å². The van der Waals surface area contributed by atoms with Gasteiger partial charge in [0.1, 0.15) is 0 Å². The number of benzene rings is 2. The van der Waals surface area contributed by atoms with Gasteiger partial charge in [0, 0.05) is 12.1 Å². The third-order valence-electron chi connectivity index (χ3n) is 3.85. The summed E-state index contributed by atoms with van der Waals surface area (Å²) in [5.74, 6) is -0.0000169. The zero-order chi connectivity index (χ0) is 17.8. The summed E-state index contributed by atoms with van der Waals surface area (Å²) in [4.78, 5) is 28.5. The zero-order valence-corrected chi connectivity index (χ0v) is 15.0. The van der Waals surface area contributed by atoms with Crippen molar-refractivity contribution in [3.8, 4) is 0 Å².